The molecule has 0 radical (unpaired) electrons. The maximum atomic E-state index is 10.8. The van der Waals surface area contributed by atoms with Gasteiger partial charge in [0.15, 0.2) is 0 Å². The third-order valence-electron chi connectivity index (χ3n) is 2.26. The number of carboxylic acid groups (broad SMARTS) is 1. The lowest BCUT2D eigenvalue weighted by Gasteiger charge is -2.08. The Bertz CT molecular complexity index is 705. The van der Waals surface area contributed by atoms with E-state index in [1.807, 2.05) is 0 Å². The molecule has 0 saturated carbocycles. The first-order valence-corrected chi connectivity index (χ1v) is 6.11. The molecule has 0 unspecified atom stereocenters. The van der Waals surface area contributed by atoms with Gasteiger partial charge in [-0.25, -0.2) is 9.48 Å². The van der Waals surface area contributed by atoms with E-state index < -0.39 is 5.97 Å². The van der Waals surface area contributed by atoms with Gasteiger partial charge in [0, 0.05) is 6.20 Å². The van der Waals surface area contributed by atoms with Crippen LogP contribution in [0.2, 0.25) is 0 Å². The van der Waals surface area contributed by atoms with Gasteiger partial charge in [-0.3, -0.25) is 0 Å². The van der Waals surface area contributed by atoms with Crippen molar-refractivity contribution in [1.29, 1.82) is 0 Å². The number of carbonyl (C=O) groups is 1. The molecule has 0 aliphatic carbocycles. The number of hydrogen-bond acceptors (Lipinski definition) is 6. The number of nitrogens with one attached hydrogen (secondary N) is 1. The quantitative estimate of drug-likeness (QED) is 0.704. The van der Waals surface area contributed by atoms with Crippen LogP contribution in [0.4, 0.5) is 11.6 Å². The van der Waals surface area contributed by atoms with E-state index in [4.69, 9.17) is 17.3 Å². The molecule has 2 rings (SSSR count). The first-order valence-electron chi connectivity index (χ1n) is 5.31. The average molecular weight is 337 g/mol. The van der Waals surface area contributed by atoms with Crippen molar-refractivity contribution in [2.45, 2.75) is 0 Å². The van der Waals surface area contributed by atoms with Crippen LogP contribution in [0.25, 0.3) is 5.95 Å². The third kappa shape index (κ3) is 2.70. The Morgan fingerprint density at radius 2 is 2.35 bits per heavy atom. The minimum Gasteiger partial charge on any atom is -0.478 e. The molecule has 0 atom stereocenters. The molecule has 0 aliphatic rings. The Balaban J connectivity index is 2.43. The first kappa shape index (κ1) is 13.8. The first-order chi connectivity index (χ1) is 9.52. The SMILES string of the molecule is C#CCNc1nc(-n2cc(C(=O)O)cn2)nc(N)c1Br. The summed E-state index contributed by atoms with van der Waals surface area (Å²) < 4.78 is 1.69. The van der Waals surface area contributed by atoms with Gasteiger partial charge in [0.2, 0.25) is 0 Å². The topological polar surface area (TPSA) is 119 Å². The average Bonchev–Trinajstić information content (AvgIpc) is 2.90. The molecule has 0 aliphatic heterocycles. The number of terminal acetylenes is 1. The fourth-order valence-electron chi connectivity index (χ4n) is 1.35. The summed E-state index contributed by atoms with van der Waals surface area (Å²) in [6, 6.07) is 0. The number of aromatic carboxylic acids is 1. The van der Waals surface area contributed by atoms with Crippen LogP contribution in [0.3, 0.4) is 0 Å². The van der Waals surface area contributed by atoms with Gasteiger partial charge < -0.3 is 16.2 Å². The molecule has 2 aromatic heterocycles. The van der Waals surface area contributed by atoms with Gasteiger partial charge in [-0.1, -0.05) is 5.92 Å². The van der Waals surface area contributed by atoms with Gasteiger partial charge in [0.1, 0.15) is 16.1 Å². The lowest BCUT2D eigenvalue weighted by atomic mass is 10.4. The highest BCUT2D eigenvalue weighted by Crippen LogP contribution is 2.26. The molecular formula is C11H9BrN6O2. The third-order valence-corrected chi connectivity index (χ3v) is 3.04. The van der Waals surface area contributed by atoms with Crippen molar-refractivity contribution >= 4 is 33.5 Å². The fourth-order valence-corrected chi connectivity index (χ4v) is 1.67. The van der Waals surface area contributed by atoms with Gasteiger partial charge in [-0.05, 0) is 15.9 Å². The molecule has 2 aromatic rings. The van der Waals surface area contributed by atoms with Crippen LogP contribution in [-0.2, 0) is 0 Å². The zero-order chi connectivity index (χ0) is 14.7. The van der Waals surface area contributed by atoms with Crippen LogP contribution >= 0.6 is 15.9 Å². The largest absolute Gasteiger partial charge is 0.478 e. The Morgan fingerprint density at radius 1 is 1.60 bits per heavy atom. The Morgan fingerprint density at radius 3 is 2.95 bits per heavy atom. The van der Waals surface area contributed by atoms with Crippen LogP contribution in [0, 0.1) is 12.3 Å². The molecule has 0 amide bonds. The summed E-state index contributed by atoms with van der Waals surface area (Å²) in [4.78, 5) is 19.0. The summed E-state index contributed by atoms with van der Waals surface area (Å²) in [5.41, 5.74) is 5.77. The van der Waals surface area contributed by atoms with Gasteiger partial charge in [-0.15, -0.1) is 6.42 Å². The lowest BCUT2D eigenvalue weighted by Crippen LogP contribution is -2.10. The number of carboxylic acids is 1. The number of nitrogen functional groups attached to an aromatic ring is 1. The highest BCUT2D eigenvalue weighted by molar-refractivity contribution is 9.10. The van der Waals surface area contributed by atoms with Gasteiger partial charge in [0.05, 0.1) is 18.3 Å². The number of anilines is 2. The molecule has 20 heavy (non-hydrogen) atoms. The second-order valence-corrected chi connectivity index (χ2v) is 4.40. The highest BCUT2D eigenvalue weighted by atomic mass is 79.9. The number of hydrogen-bond donors (Lipinski definition) is 3. The molecule has 102 valence electrons. The summed E-state index contributed by atoms with van der Waals surface area (Å²) in [5, 5.41) is 15.6. The van der Waals surface area contributed by atoms with Crippen LogP contribution < -0.4 is 11.1 Å². The van der Waals surface area contributed by atoms with Gasteiger partial charge >= 0.3 is 5.97 Å². The van der Waals surface area contributed by atoms with E-state index in [0.717, 1.165) is 0 Å². The summed E-state index contributed by atoms with van der Waals surface area (Å²) in [5.74, 6) is 2.04. The summed E-state index contributed by atoms with van der Waals surface area (Å²) in [6.45, 7) is 0.258. The van der Waals surface area contributed by atoms with E-state index >= 15 is 0 Å². The van der Waals surface area contributed by atoms with Crippen LogP contribution in [-0.4, -0.2) is 37.4 Å². The summed E-state index contributed by atoms with van der Waals surface area (Å²) >= 11 is 3.24. The molecule has 0 fully saturated rings. The minimum atomic E-state index is -1.09. The number of nitrogens with zero attached hydrogens (tertiary/aromatic N) is 4. The molecule has 0 bridgehead atoms. The monoisotopic (exact) mass is 336 g/mol. The van der Waals surface area contributed by atoms with E-state index in [0.29, 0.717) is 10.3 Å². The van der Waals surface area contributed by atoms with E-state index in [1.165, 1.54) is 17.1 Å². The van der Waals surface area contributed by atoms with E-state index in [-0.39, 0.29) is 23.9 Å². The second-order valence-electron chi connectivity index (χ2n) is 3.61. The van der Waals surface area contributed by atoms with Crippen LogP contribution in [0.1, 0.15) is 10.4 Å². The Hall–Kier alpha value is -2.60. The maximum absolute atomic E-state index is 10.8. The number of halogens is 1. The van der Waals surface area contributed by atoms with Crippen molar-refractivity contribution in [3.05, 3.63) is 22.4 Å². The van der Waals surface area contributed by atoms with Crippen LogP contribution in [0.15, 0.2) is 16.9 Å². The van der Waals surface area contributed by atoms with E-state index in [2.05, 4.69) is 42.2 Å². The van der Waals surface area contributed by atoms with E-state index in [1.54, 1.807) is 0 Å². The van der Waals surface area contributed by atoms with Crippen molar-refractivity contribution in [3.63, 3.8) is 0 Å². The smallest absolute Gasteiger partial charge is 0.338 e. The van der Waals surface area contributed by atoms with E-state index in [9.17, 15) is 4.79 Å². The van der Waals surface area contributed by atoms with Crippen molar-refractivity contribution in [3.8, 4) is 18.3 Å². The molecule has 4 N–H and O–H groups in total. The predicted octanol–water partition coefficient (Wildman–Crippen LogP) is 0.750. The molecule has 9 heteroatoms. The number of aromatic nitrogens is 4. The maximum Gasteiger partial charge on any atom is 0.338 e. The predicted molar refractivity (Wildman–Crippen MR) is 75.5 cm³/mol. The molecule has 0 saturated heterocycles. The van der Waals surface area contributed by atoms with Crippen molar-refractivity contribution in [2.24, 2.45) is 0 Å². The lowest BCUT2D eigenvalue weighted by molar-refractivity contribution is 0.0697. The summed E-state index contributed by atoms with van der Waals surface area (Å²) in [7, 11) is 0. The van der Waals surface area contributed by atoms with Crippen molar-refractivity contribution in [2.75, 3.05) is 17.6 Å². The van der Waals surface area contributed by atoms with Crippen molar-refractivity contribution in [1.82, 2.24) is 19.7 Å². The number of rotatable bonds is 4. The standard InChI is InChI=1S/C11H9BrN6O2/c1-2-3-14-9-7(12)8(13)16-11(17-9)18-5-6(4-15-18)10(19)20/h1,4-5H,3H2,(H,19,20)(H3,13,14,16,17). The number of nitrogens with two attached hydrogens (primary N) is 1. The zero-order valence-electron chi connectivity index (χ0n) is 10.0. The van der Waals surface area contributed by atoms with Gasteiger partial charge in [0.25, 0.3) is 5.95 Å². The van der Waals surface area contributed by atoms with Crippen molar-refractivity contribution < 1.29 is 9.90 Å². The Kier molecular flexibility index (Phi) is 3.86. The highest BCUT2D eigenvalue weighted by Gasteiger charge is 2.13. The summed E-state index contributed by atoms with van der Waals surface area (Å²) in [6.07, 6.45) is 7.65. The fraction of sp³-hybridized carbons (Fsp3) is 0.0909. The van der Waals surface area contributed by atoms with Crippen LogP contribution in [0.5, 0.6) is 0 Å². The van der Waals surface area contributed by atoms with Gasteiger partial charge in [-0.2, -0.15) is 15.1 Å². The molecule has 8 nitrogen and oxygen atoms in total. The molecule has 2 heterocycles. The molecule has 0 aromatic carbocycles. The minimum absolute atomic E-state index is 0.0215. The Labute approximate surface area is 122 Å². The molecule has 0 spiro atoms. The zero-order valence-corrected chi connectivity index (χ0v) is 11.6. The normalized spacial score (nSPS) is 10.0. The second kappa shape index (κ2) is 5.58. The molecular weight excluding hydrogens is 328 g/mol.